The SMILES string of the molecule is CCOc1cccc(C=C2SC(=Nc3cccc(C)c3)N(c3cccc(C)c3)C2=O)c1OC. The van der Waals surface area contributed by atoms with Crippen molar-refractivity contribution in [3.63, 3.8) is 0 Å². The molecule has 0 spiro atoms. The maximum Gasteiger partial charge on any atom is 0.271 e. The fourth-order valence-corrected chi connectivity index (χ4v) is 4.62. The van der Waals surface area contributed by atoms with Crippen LogP contribution in [0.5, 0.6) is 11.5 Å². The number of hydrogen-bond donors (Lipinski definition) is 0. The van der Waals surface area contributed by atoms with Gasteiger partial charge in [-0.15, -0.1) is 0 Å². The first-order valence-corrected chi connectivity index (χ1v) is 11.6. The lowest BCUT2D eigenvalue weighted by Gasteiger charge is -2.16. The number of rotatable bonds is 6. The van der Waals surface area contributed by atoms with Crippen molar-refractivity contribution in [1.82, 2.24) is 0 Å². The van der Waals surface area contributed by atoms with Crippen molar-refractivity contribution in [3.8, 4) is 11.5 Å². The molecule has 6 heteroatoms. The lowest BCUT2D eigenvalue weighted by molar-refractivity contribution is -0.113. The number of ether oxygens (including phenoxy) is 2. The Morgan fingerprint density at radius 3 is 2.42 bits per heavy atom. The van der Waals surface area contributed by atoms with Crippen LogP contribution >= 0.6 is 11.8 Å². The summed E-state index contributed by atoms with van der Waals surface area (Å²) in [7, 11) is 1.60. The maximum atomic E-state index is 13.6. The molecule has 5 nitrogen and oxygen atoms in total. The van der Waals surface area contributed by atoms with Crippen LogP contribution in [-0.4, -0.2) is 24.8 Å². The van der Waals surface area contributed by atoms with E-state index in [9.17, 15) is 4.79 Å². The standard InChI is InChI=1S/C27H26N2O3S/c1-5-32-23-14-8-11-20(25(23)31-4)17-24-26(30)29(22-13-7-10-19(3)16-22)27(33-24)28-21-12-6-9-18(2)15-21/h6-17H,5H2,1-4H3. The Balaban J connectivity index is 1.80. The molecule has 3 aromatic rings. The van der Waals surface area contributed by atoms with Gasteiger partial charge in [0.15, 0.2) is 16.7 Å². The van der Waals surface area contributed by atoms with Crippen molar-refractivity contribution in [2.75, 3.05) is 18.6 Å². The number of para-hydroxylation sites is 1. The first-order chi connectivity index (χ1) is 16.0. The van der Waals surface area contributed by atoms with E-state index >= 15 is 0 Å². The fourth-order valence-electron chi connectivity index (χ4n) is 3.63. The quantitative estimate of drug-likeness (QED) is 0.395. The highest BCUT2D eigenvalue weighted by atomic mass is 32.2. The second-order valence-corrected chi connectivity index (χ2v) is 8.64. The number of anilines is 1. The molecule has 1 aliphatic rings. The van der Waals surface area contributed by atoms with Gasteiger partial charge in [-0.05, 0) is 80.1 Å². The smallest absolute Gasteiger partial charge is 0.271 e. The minimum atomic E-state index is -0.124. The Hall–Kier alpha value is -3.51. The highest BCUT2D eigenvalue weighted by Gasteiger charge is 2.35. The Kier molecular flexibility index (Phi) is 6.84. The van der Waals surface area contributed by atoms with Gasteiger partial charge in [-0.2, -0.15) is 0 Å². The van der Waals surface area contributed by atoms with Crippen LogP contribution in [-0.2, 0) is 4.79 Å². The number of aliphatic imine (C=N–C) groups is 1. The number of methoxy groups -OCH3 is 1. The van der Waals surface area contributed by atoms with E-state index in [4.69, 9.17) is 14.5 Å². The van der Waals surface area contributed by atoms with Crippen LogP contribution in [0.1, 0.15) is 23.6 Å². The highest BCUT2D eigenvalue weighted by molar-refractivity contribution is 8.19. The van der Waals surface area contributed by atoms with Gasteiger partial charge in [-0.1, -0.05) is 36.4 Å². The highest BCUT2D eigenvalue weighted by Crippen LogP contribution is 2.40. The normalized spacial score (nSPS) is 16.0. The van der Waals surface area contributed by atoms with Crippen LogP contribution in [0.2, 0.25) is 0 Å². The monoisotopic (exact) mass is 458 g/mol. The van der Waals surface area contributed by atoms with Gasteiger partial charge in [0.1, 0.15) is 0 Å². The van der Waals surface area contributed by atoms with Crippen LogP contribution in [0.25, 0.3) is 6.08 Å². The molecule has 33 heavy (non-hydrogen) atoms. The fraction of sp³-hybridized carbons (Fsp3) is 0.185. The first kappa shape index (κ1) is 22.7. The molecular weight excluding hydrogens is 432 g/mol. The number of carbonyl (C=O) groups excluding carboxylic acids is 1. The molecule has 0 atom stereocenters. The van der Waals surface area contributed by atoms with Crippen molar-refractivity contribution in [1.29, 1.82) is 0 Å². The van der Waals surface area contributed by atoms with Crippen LogP contribution in [0.4, 0.5) is 11.4 Å². The molecular formula is C27H26N2O3S. The number of aryl methyl sites for hydroxylation is 2. The van der Waals surface area contributed by atoms with Crippen LogP contribution in [0.3, 0.4) is 0 Å². The summed E-state index contributed by atoms with van der Waals surface area (Å²) in [6, 6.07) is 21.5. The van der Waals surface area contributed by atoms with E-state index in [0.717, 1.165) is 28.1 Å². The van der Waals surface area contributed by atoms with E-state index in [-0.39, 0.29) is 5.91 Å². The van der Waals surface area contributed by atoms with Crippen molar-refractivity contribution in [2.24, 2.45) is 4.99 Å². The minimum absolute atomic E-state index is 0.124. The van der Waals surface area contributed by atoms with E-state index in [1.54, 1.807) is 12.0 Å². The molecule has 0 saturated carbocycles. The lowest BCUT2D eigenvalue weighted by Crippen LogP contribution is -2.28. The average Bonchev–Trinajstić information content (AvgIpc) is 3.08. The van der Waals surface area contributed by atoms with Crippen LogP contribution < -0.4 is 14.4 Å². The van der Waals surface area contributed by atoms with Crippen LogP contribution in [0.15, 0.2) is 76.6 Å². The van der Waals surface area contributed by atoms with E-state index in [1.807, 2.05) is 93.6 Å². The number of amides is 1. The number of carbonyl (C=O) groups is 1. The van der Waals surface area contributed by atoms with Crippen molar-refractivity contribution in [3.05, 3.63) is 88.3 Å². The number of benzene rings is 3. The van der Waals surface area contributed by atoms with Crippen molar-refractivity contribution < 1.29 is 14.3 Å². The second kappa shape index (κ2) is 9.96. The molecule has 0 bridgehead atoms. The zero-order valence-electron chi connectivity index (χ0n) is 19.2. The van der Waals surface area contributed by atoms with E-state index in [1.165, 1.54) is 11.8 Å². The maximum absolute atomic E-state index is 13.6. The van der Waals surface area contributed by atoms with E-state index < -0.39 is 0 Å². The third-order valence-electron chi connectivity index (χ3n) is 5.09. The molecule has 0 N–H and O–H groups in total. The van der Waals surface area contributed by atoms with Gasteiger partial charge in [0.2, 0.25) is 0 Å². The molecule has 0 radical (unpaired) electrons. The average molecular weight is 459 g/mol. The van der Waals surface area contributed by atoms with E-state index in [2.05, 4.69) is 0 Å². The molecule has 1 heterocycles. The molecule has 1 amide bonds. The topological polar surface area (TPSA) is 51.1 Å². The van der Waals surface area contributed by atoms with Crippen molar-refractivity contribution >= 4 is 40.3 Å². The molecule has 1 saturated heterocycles. The van der Waals surface area contributed by atoms with Gasteiger partial charge in [0.25, 0.3) is 5.91 Å². The zero-order valence-corrected chi connectivity index (χ0v) is 20.0. The third-order valence-corrected chi connectivity index (χ3v) is 6.06. The summed E-state index contributed by atoms with van der Waals surface area (Å²) in [5.74, 6) is 1.13. The summed E-state index contributed by atoms with van der Waals surface area (Å²) in [5.41, 5.74) is 4.56. The number of hydrogen-bond acceptors (Lipinski definition) is 5. The van der Waals surface area contributed by atoms with Gasteiger partial charge >= 0.3 is 0 Å². The summed E-state index contributed by atoms with van der Waals surface area (Å²) in [6.45, 7) is 6.49. The zero-order chi connectivity index (χ0) is 23.4. The summed E-state index contributed by atoms with van der Waals surface area (Å²) in [6.07, 6.45) is 1.84. The first-order valence-electron chi connectivity index (χ1n) is 10.8. The molecule has 0 aromatic heterocycles. The Bertz CT molecular complexity index is 1250. The summed E-state index contributed by atoms with van der Waals surface area (Å²) >= 11 is 1.35. The largest absolute Gasteiger partial charge is 0.492 e. The molecule has 1 fully saturated rings. The second-order valence-electron chi connectivity index (χ2n) is 7.64. The van der Waals surface area contributed by atoms with Crippen molar-refractivity contribution in [2.45, 2.75) is 20.8 Å². The molecule has 0 unspecified atom stereocenters. The number of thioether (sulfide) groups is 1. The molecule has 0 aliphatic carbocycles. The van der Waals surface area contributed by atoms with Gasteiger partial charge in [0, 0.05) is 5.56 Å². The third kappa shape index (κ3) is 4.96. The lowest BCUT2D eigenvalue weighted by atomic mass is 10.1. The Morgan fingerprint density at radius 1 is 1.00 bits per heavy atom. The van der Waals surface area contributed by atoms with Gasteiger partial charge < -0.3 is 9.47 Å². The van der Waals surface area contributed by atoms with E-state index in [0.29, 0.717) is 28.2 Å². The van der Waals surface area contributed by atoms with Crippen LogP contribution in [0, 0.1) is 13.8 Å². The number of nitrogens with zero attached hydrogens (tertiary/aromatic N) is 2. The summed E-state index contributed by atoms with van der Waals surface area (Å²) in [4.78, 5) is 20.6. The van der Waals surface area contributed by atoms with Gasteiger partial charge in [0.05, 0.1) is 30.0 Å². The predicted molar refractivity (Wildman–Crippen MR) is 137 cm³/mol. The predicted octanol–water partition coefficient (Wildman–Crippen LogP) is 6.52. The summed E-state index contributed by atoms with van der Waals surface area (Å²) in [5, 5.41) is 0.613. The molecule has 4 rings (SSSR count). The van der Waals surface area contributed by atoms with Gasteiger partial charge in [-0.3, -0.25) is 9.69 Å². The Morgan fingerprint density at radius 2 is 1.73 bits per heavy atom. The van der Waals surface area contributed by atoms with Gasteiger partial charge in [-0.25, -0.2) is 4.99 Å². The summed E-state index contributed by atoms with van der Waals surface area (Å²) < 4.78 is 11.3. The number of amidine groups is 1. The minimum Gasteiger partial charge on any atom is -0.492 e. The Labute approximate surface area is 198 Å². The molecule has 3 aromatic carbocycles. The molecule has 168 valence electrons. The molecule has 1 aliphatic heterocycles.